The van der Waals surface area contributed by atoms with E-state index < -0.39 is 0 Å². The number of carbonyl (C=O) groups excluding carboxylic acids is 1. The fourth-order valence-corrected chi connectivity index (χ4v) is 9.73. The molecule has 0 radical (unpaired) electrons. The Labute approximate surface area is 212 Å². The van der Waals surface area contributed by atoms with Gasteiger partial charge in [0.05, 0.1) is 11.8 Å². The molecule has 10 atom stereocenters. The van der Waals surface area contributed by atoms with Gasteiger partial charge in [0.25, 0.3) is 0 Å². The van der Waals surface area contributed by atoms with Crippen molar-refractivity contribution in [3.05, 3.63) is 0 Å². The predicted molar refractivity (Wildman–Crippen MR) is 139 cm³/mol. The van der Waals surface area contributed by atoms with E-state index >= 15 is 0 Å². The third kappa shape index (κ3) is 4.56. The molecule has 2 N–H and O–H groups in total. The van der Waals surface area contributed by atoms with Gasteiger partial charge in [-0.05, 0) is 118 Å². The highest BCUT2D eigenvalue weighted by Crippen LogP contribution is 2.67. The Morgan fingerprint density at radius 2 is 1.80 bits per heavy atom. The fraction of sp³-hybridized carbons (Fsp3) is 0.931. The lowest BCUT2D eigenvalue weighted by atomic mass is 9.44. The van der Waals surface area contributed by atoms with Crippen LogP contribution in [0.4, 0.5) is 4.79 Å². The first-order chi connectivity index (χ1) is 16.6. The Hall–Kier alpha value is -1.14. The van der Waals surface area contributed by atoms with Crippen molar-refractivity contribution in [3.8, 4) is 0 Å². The monoisotopic (exact) mass is 487 g/mol. The molecule has 5 aliphatic rings. The molecular formula is C29H49N3O3. The Bertz CT molecular complexity index is 832. The average Bonchev–Trinajstić information content (AvgIpc) is 3.39. The van der Waals surface area contributed by atoms with Crippen molar-refractivity contribution in [1.29, 1.82) is 0 Å². The zero-order chi connectivity index (χ0) is 25.0. The van der Waals surface area contributed by atoms with Gasteiger partial charge in [0.15, 0.2) is 0 Å². The first-order valence-corrected chi connectivity index (χ1v) is 14.5. The number of hydrogen-bond donors (Lipinski definition) is 2. The molecule has 6 nitrogen and oxygen atoms in total. The number of fused-ring (bicyclic) bond motifs is 5. The second-order valence-electron chi connectivity index (χ2n) is 13.7. The summed E-state index contributed by atoms with van der Waals surface area (Å²) in [7, 11) is 1.81. The first kappa shape index (κ1) is 25.5. The number of carbonyl (C=O) groups is 1. The van der Waals surface area contributed by atoms with Gasteiger partial charge in [-0.1, -0.05) is 25.9 Å². The van der Waals surface area contributed by atoms with Gasteiger partial charge < -0.3 is 15.3 Å². The zero-order valence-electron chi connectivity index (χ0n) is 22.8. The number of nitrogens with zero attached hydrogens (tertiary/aromatic N) is 2. The van der Waals surface area contributed by atoms with Gasteiger partial charge in [0.2, 0.25) is 0 Å². The molecule has 0 spiro atoms. The van der Waals surface area contributed by atoms with E-state index in [1.807, 2.05) is 7.05 Å². The van der Waals surface area contributed by atoms with E-state index in [4.69, 9.17) is 4.84 Å². The Balaban J connectivity index is 1.22. The predicted octanol–water partition coefficient (Wildman–Crippen LogP) is 5.45. The van der Waals surface area contributed by atoms with Gasteiger partial charge in [-0.3, -0.25) is 4.84 Å². The maximum absolute atomic E-state index is 12.6. The lowest BCUT2D eigenvalue weighted by Gasteiger charge is -2.61. The number of oxime groups is 1. The van der Waals surface area contributed by atoms with E-state index in [1.165, 1.54) is 38.5 Å². The number of nitrogens with one attached hydrogen (secondary N) is 1. The van der Waals surface area contributed by atoms with Gasteiger partial charge >= 0.3 is 6.09 Å². The van der Waals surface area contributed by atoms with Crippen molar-refractivity contribution in [3.63, 3.8) is 0 Å². The van der Waals surface area contributed by atoms with Crippen LogP contribution in [0.25, 0.3) is 0 Å². The summed E-state index contributed by atoms with van der Waals surface area (Å²) >= 11 is 0. The molecule has 2 unspecified atom stereocenters. The summed E-state index contributed by atoms with van der Waals surface area (Å²) in [5, 5.41) is 18.2. The van der Waals surface area contributed by atoms with Crippen LogP contribution in [0.2, 0.25) is 0 Å². The van der Waals surface area contributed by atoms with Crippen LogP contribution in [0.5, 0.6) is 0 Å². The molecular weight excluding hydrogens is 438 g/mol. The molecule has 1 saturated heterocycles. The maximum atomic E-state index is 12.6. The second kappa shape index (κ2) is 9.63. The van der Waals surface area contributed by atoms with Crippen molar-refractivity contribution in [1.82, 2.24) is 10.2 Å². The van der Waals surface area contributed by atoms with Crippen LogP contribution in [-0.2, 0) is 4.84 Å². The summed E-state index contributed by atoms with van der Waals surface area (Å²) in [5.41, 5.74) is 1.67. The molecule has 0 aromatic rings. The maximum Gasteiger partial charge on any atom is 0.435 e. The highest BCUT2D eigenvalue weighted by Gasteiger charge is 2.60. The molecule has 4 aliphatic carbocycles. The third-order valence-corrected chi connectivity index (χ3v) is 11.7. The van der Waals surface area contributed by atoms with Crippen LogP contribution in [-0.4, -0.2) is 54.1 Å². The van der Waals surface area contributed by atoms with Gasteiger partial charge in [0.1, 0.15) is 0 Å². The average molecular weight is 488 g/mol. The van der Waals surface area contributed by atoms with Crippen molar-refractivity contribution in [2.24, 2.45) is 51.5 Å². The number of rotatable bonds is 4. The largest absolute Gasteiger partial charge is 0.435 e. The first-order valence-electron chi connectivity index (χ1n) is 14.5. The minimum Gasteiger partial charge on any atom is -0.393 e. The number of hydrogen-bond acceptors (Lipinski definition) is 5. The molecule has 5 fully saturated rings. The SMILES string of the molecule is C/C(=N\OC(=O)N(C)CC1CC(C)CN1)[C@H]1CC[C@H]2[C@@H]3CC[C@H]4C[C@@H](O)CC[C@]4(C)[C@H]3CC[C@]12C. The van der Waals surface area contributed by atoms with Crippen LogP contribution in [0.15, 0.2) is 5.16 Å². The van der Waals surface area contributed by atoms with Crippen LogP contribution in [0, 0.1) is 46.3 Å². The summed E-state index contributed by atoms with van der Waals surface area (Å²) in [5.74, 6) is 4.13. The summed E-state index contributed by atoms with van der Waals surface area (Å²) in [6, 6.07) is 0.349. The lowest BCUT2D eigenvalue weighted by Crippen LogP contribution is -2.54. The fourth-order valence-electron chi connectivity index (χ4n) is 9.73. The molecule has 35 heavy (non-hydrogen) atoms. The van der Waals surface area contributed by atoms with Crippen LogP contribution < -0.4 is 5.32 Å². The minimum atomic E-state index is -0.347. The van der Waals surface area contributed by atoms with Crippen molar-refractivity contribution in [2.75, 3.05) is 20.1 Å². The van der Waals surface area contributed by atoms with E-state index in [0.717, 1.165) is 55.7 Å². The quantitative estimate of drug-likeness (QED) is 0.314. The Kier molecular flexibility index (Phi) is 7.02. The van der Waals surface area contributed by atoms with Gasteiger partial charge in [-0.2, -0.15) is 0 Å². The Morgan fingerprint density at radius 3 is 2.54 bits per heavy atom. The molecule has 6 heteroatoms. The van der Waals surface area contributed by atoms with Gasteiger partial charge in [0, 0.05) is 25.6 Å². The second-order valence-corrected chi connectivity index (χ2v) is 13.7. The molecule has 1 amide bonds. The summed E-state index contributed by atoms with van der Waals surface area (Å²) in [6.07, 6.45) is 11.5. The molecule has 1 aliphatic heterocycles. The summed E-state index contributed by atoms with van der Waals surface area (Å²) < 4.78 is 0. The standard InChI is InChI=1S/C29H49N3O3/c1-18-14-21(30-16-18)17-32(5)27(34)35-31-19(2)24-8-9-25-23-7-6-20-15-22(33)10-12-28(20,3)26(23)11-13-29(24,25)4/h18,20-26,30,33H,6-17H2,1-5H3/b31-19+/t18?,20-,21?,22-,23-,24+,25-,26-,28-,29+/m0/s1. The zero-order valence-corrected chi connectivity index (χ0v) is 22.8. The van der Waals surface area contributed by atoms with E-state index in [2.05, 4.69) is 38.2 Å². The highest BCUT2D eigenvalue weighted by molar-refractivity contribution is 5.85. The molecule has 0 bridgehead atoms. The number of amides is 1. The molecule has 1 heterocycles. The van der Waals surface area contributed by atoms with E-state index in [9.17, 15) is 9.90 Å². The van der Waals surface area contributed by atoms with Crippen LogP contribution in [0.3, 0.4) is 0 Å². The van der Waals surface area contributed by atoms with Crippen LogP contribution in [0.1, 0.15) is 91.9 Å². The topological polar surface area (TPSA) is 74.2 Å². The van der Waals surface area contributed by atoms with E-state index in [-0.39, 0.29) is 17.6 Å². The smallest absolute Gasteiger partial charge is 0.393 e. The normalized spacial score (nSPS) is 47.5. The highest BCUT2D eigenvalue weighted by atomic mass is 16.7. The van der Waals surface area contributed by atoms with E-state index in [1.54, 1.807) is 4.90 Å². The third-order valence-electron chi connectivity index (χ3n) is 11.7. The lowest BCUT2D eigenvalue weighted by molar-refractivity contribution is -0.123. The van der Waals surface area contributed by atoms with Crippen LogP contribution >= 0.6 is 0 Å². The number of aliphatic hydroxyl groups excluding tert-OH is 1. The summed E-state index contributed by atoms with van der Waals surface area (Å²) in [6.45, 7) is 11.1. The number of likely N-dealkylation sites (N-methyl/N-ethyl adjacent to an activating group) is 1. The molecule has 4 saturated carbocycles. The molecule has 0 aromatic carbocycles. The van der Waals surface area contributed by atoms with E-state index in [0.29, 0.717) is 35.8 Å². The van der Waals surface area contributed by atoms with Gasteiger partial charge in [-0.15, -0.1) is 0 Å². The van der Waals surface area contributed by atoms with Crippen molar-refractivity contribution >= 4 is 11.8 Å². The molecule has 5 rings (SSSR count). The Morgan fingerprint density at radius 1 is 1.06 bits per heavy atom. The summed E-state index contributed by atoms with van der Waals surface area (Å²) in [4.78, 5) is 19.8. The van der Waals surface area contributed by atoms with Crippen molar-refractivity contribution < 1.29 is 14.7 Å². The minimum absolute atomic E-state index is 0.0760. The van der Waals surface area contributed by atoms with Gasteiger partial charge in [-0.25, -0.2) is 4.79 Å². The molecule has 0 aromatic heterocycles. The number of aliphatic hydroxyl groups is 1. The molecule has 198 valence electrons. The van der Waals surface area contributed by atoms with Crippen molar-refractivity contribution in [2.45, 2.75) is 104 Å².